The van der Waals surface area contributed by atoms with E-state index in [4.69, 9.17) is 4.55 Å². The quantitative estimate of drug-likeness (QED) is 0.227. The molecule has 0 aliphatic heterocycles. The van der Waals surface area contributed by atoms with E-state index in [2.05, 4.69) is 11.7 Å². The van der Waals surface area contributed by atoms with Gasteiger partial charge in [0.1, 0.15) is 0 Å². The number of carbonyl (C=O) groups is 1. The third kappa shape index (κ3) is 8.80. The van der Waals surface area contributed by atoms with Gasteiger partial charge in [-0.2, -0.15) is 30.4 Å². The minimum Gasteiger partial charge on any atom is -0.445 e. The van der Waals surface area contributed by atoms with E-state index in [0.717, 1.165) is 38.5 Å². The van der Waals surface area contributed by atoms with Crippen LogP contribution in [-0.4, -0.2) is 36.5 Å². The first-order valence-corrected chi connectivity index (χ1v) is 9.39. The van der Waals surface area contributed by atoms with Gasteiger partial charge in [-0.15, -0.1) is 0 Å². The highest BCUT2D eigenvalue weighted by molar-refractivity contribution is 7.86. The van der Waals surface area contributed by atoms with Crippen LogP contribution in [0.15, 0.2) is 0 Å². The summed E-state index contributed by atoms with van der Waals surface area (Å²) >= 11 is 0. The Morgan fingerprint density at radius 3 is 1.80 bits per heavy atom. The van der Waals surface area contributed by atoms with Gasteiger partial charge in [-0.1, -0.05) is 51.9 Å². The van der Waals surface area contributed by atoms with E-state index >= 15 is 0 Å². The summed E-state index contributed by atoms with van der Waals surface area (Å²) in [4.78, 5) is 11.3. The minimum atomic E-state index is -6.40. The molecule has 150 valence electrons. The Hall–Kier alpha value is -0.970. The topological polar surface area (TPSA) is 80.7 Å². The molecule has 11 heteroatoms. The molecule has 0 bridgehead atoms. The average molecular weight is 398 g/mol. The third-order valence-electron chi connectivity index (χ3n) is 3.43. The van der Waals surface area contributed by atoms with Crippen molar-refractivity contribution in [1.82, 2.24) is 0 Å². The molecule has 0 aromatic rings. The summed E-state index contributed by atoms with van der Waals surface area (Å²) in [7, 11) is -6.40. The van der Waals surface area contributed by atoms with Crippen LogP contribution >= 0.6 is 0 Å². The second kappa shape index (κ2) is 10.2. The van der Waals surface area contributed by atoms with Crippen LogP contribution in [0.4, 0.5) is 22.0 Å². The minimum absolute atomic E-state index is 0.134. The molecule has 1 N–H and O–H groups in total. The summed E-state index contributed by atoms with van der Waals surface area (Å²) in [6.07, 6.45) is -4.14. The standard InChI is InChI=1S/C14H23F5O5S/c1-2-3-4-5-6-7-8-9-10-11(20)24-12(13(15,16)17)14(18,19)25(21,22)23/h12H,2-10H2,1H3,(H,21,22,23). The van der Waals surface area contributed by atoms with Gasteiger partial charge >= 0.3 is 27.5 Å². The van der Waals surface area contributed by atoms with Crippen molar-refractivity contribution < 1.29 is 44.5 Å². The lowest BCUT2D eigenvalue weighted by Gasteiger charge is -2.26. The normalized spacial score (nSPS) is 14.4. The molecule has 0 saturated carbocycles. The monoisotopic (exact) mass is 398 g/mol. The highest BCUT2D eigenvalue weighted by Crippen LogP contribution is 2.38. The Morgan fingerprint density at radius 2 is 1.40 bits per heavy atom. The summed E-state index contributed by atoms with van der Waals surface area (Å²) in [5, 5.41) is -5.68. The maximum atomic E-state index is 13.2. The molecule has 0 radical (unpaired) electrons. The number of carbonyl (C=O) groups excluding carboxylic acids is 1. The average Bonchev–Trinajstić information content (AvgIpc) is 2.45. The van der Waals surface area contributed by atoms with Crippen LogP contribution in [0.1, 0.15) is 64.7 Å². The SMILES string of the molecule is CCCCCCCCCCC(=O)OC(C(F)(F)F)C(F)(F)S(=O)(=O)O. The van der Waals surface area contributed by atoms with Gasteiger partial charge in [-0.3, -0.25) is 9.35 Å². The first-order chi connectivity index (χ1) is 11.3. The van der Waals surface area contributed by atoms with Crippen molar-refractivity contribution in [2.75, 3.05) is 0 Å². The van der Waals surface area contributed by atoms with E-state index in [-0.39, 0.29) is 6.42 Å². The molecule has 0 fully saturated rings. The Balaban J connectivity index is 4.43. The van der Waals surface area contributed by atoms with Gasteiger partial charge in [0.25, 0.3) is 6.10 Å². The van der Waals surface area contributed by atoms with E-state index < -0.39 is 40.0 Å². The van der Waals surface area contributed by atoms with Crippen molar-refractivity contribution in [2.45, 2.75) is 82.2 Å². The molecule has 25 heavy (non-hydrogen) atoms. The molecule has 0 aliphatic carbocycles. The molecule has 0 aliphatic rings. The van der Waals surface area contributed by atoms with Crippen molar-refractivity contribution >= 4 is 16.1 Å². The van der Waals surface area contributed by atoms with E-state index in [9.17, 15) is 35.2 Å². The molecule has 5 nitrogen and oxygen atoms in total. The number of rotatable bonds is 12. The van der Waals surface area contributed by atoms with Gasteiger partial charge in [0, 0.05) is 6.42 Å². The Kier molecular flexibility index (Phi) is 9.85. The number of esters is 1. The van der Waals surface area contributed by atoms with Crippen molar-refractivity contribution in [2.24, 2.45) is 0 Å². The zero-order valence-electron chi connectivity index (χ0n) is 13.8. The maximum Gasteiger partial charge on any atom is 0.432 e. The van der Waals surface area contributed by atoms with E-state index in [1.165, 1.54) is 0 Å². The molecule has 0 aromatic heterocycles. The number of alkyl halides is 5. The number of unbranched alkanes of at least 4 members (excludes halogenated alkanes) is 7. The molecule has 1 atom stereocenters. The van der Waals surface area contributed by atoms with E-state index in [1.807, 2.05) is 0 Å². The molecule has 0 saturated heterocycles. The molecule has 1 unspecified atom stereocenters. The molecule has 0 rings (SSSR count). The molecular formula is C14H23F5O5S. The van der Waals surface area contributed by atoms with Crippen molar-refractivity contribution in [1.29, 1.82) is 0 Å². The van der Waals surface area contributed by atoms with Crippen LogP contribution in [0.5, 0.6) is 0 Å². The van der Waals surface area contributed by atoms with Crippen molar-refractivity contribution in [3.05, 3.63) is 0 Å². The number of hydrogen-bond donors (Lipinski definition) is 1. The van der Waals surface area contributed by atoms with Gasteiger partial charge < -0.3 is 4.74 Å². The smallest absolute Gasteiger partial charge is 0.432 e. The molecule has 0 heterocycles. The number of hydrogen-bond acceptors (Lipinski definition) is 4. The summed E-state index contributed by atoms with van der Waals surface area (Å²) < 4.78 is 96.9. The van der Waals surface area contributed by atoms with Crippen LogP contribution in [0, 0.1) is 0 Å². The summed E-state index contributed by atoms with van der Waals surface area (Å²) in [5.41, 5.74) is 0. The fourth-order valence-corrected chi connectivity index (χ4v) is 2.51. The predicted molar refractivity (Wildman–Crippen MR) is 79.7 cm³/mol. The maximum absolute atomic E-state index is 13.2. The van der Waals surface area contributed by atoms with Crippen LogP contribution in [-0.2, 0) is 19.6 Å². The second-order valence-electron chi connectivity index (χ2n) is 5.67. The fraction of sp³-hybridized carbons (Fsp3) is 0.929. The van der Waals surface area contributed by atoms with Crippen LogP contribution in [0.2, 0.25) is 0 Å². The first-order valence-electron chi connectivity index (χ1n) is 7.95. The summed E-state index contributed by atoms with van der Waals surface area (Å²) in [5.74, 6) is -1.60. The van der Waals surface area contributed by atoms with Crippen molar-refractivity contribution in [3.8, 4) is 0 Å². The predicted octanol–water partition coefficient (Wildman–Crippen LogP) is 4.47. The van der Waals surface area contributed by atoms with E-state index in [0.29, 0.717) is 6.42 Å². The van der Waals surface area contributed by atoms with E-state index in [1.54, 1.807) is 0 Å². The molecule has 0 aromatic carbocycles. The summed E-state index contributed by atoms with van der Waals surface area (Å²) in [6.45, 7) is 2.06. The van der Waals surface area contributed by atoms with Gasteiger partial charge in [0.2, 0.25) is 0 Å². The molecular weight excluding hydrogens is 375 g/mol. The van der Waals surface area contributed by atoms with Gasteiger partial charge in [-0.05, 0) is 6.42 Å². The Labute approximate surface area is 143 Å². The van der Waals surface area contributed by atoms with Crippen molar-refractivity contribution in [3.63, 3.8) is 0 Å². The lowest BCUT2D eigenvalue weighted by Crippen LogP contribution is -2.52. The largest absolute Gasteiger partial charge is 0.445 e. The highest BCUT2D eigenvalue weighted by Gasteiger charge is 2.65. The lowest BCUT2D eigenvalue weighted by atomic mass is 10.1. The Morgan fingerprint density at radius 1 is 0.960 bits per heavy atom. The van der Waals surface area contributed by atoms with Crippen LogP contribution in [0.25, 0.3) is 0 Å². The van der Waals surface area contributed by atoms with Crippen LogP contribution in [0.3, 0.4) is 0 Å². The zero-order chi connectivity index (χ0) is 19.7. The summed E-state index contributed by atoms with van der Waals surface area (Å²) in [6, 6.07) is 0. The number of ether oxygens (including phenoxy) is 1. The van der Waals surface area contributed by atoms with Crippen LogP contribution < -0.4 is 0 Å². The Bertz CT molecular complexity index is 504. The molecule has 0 spiro atoms. The van der Waals surface area contributed by atoms with Gasteiger partial charge in [0.15, 0.2) is 0 Å². The first kappa shape index (κ1) is 24.0. The lowest BCUT2D eigenvalue weighted by molar-refractivity contribution is -0.259. The second-order valence-corrected chi connectivity index (χ2v) is 7.17. The van der Waals surface area contributed by atoms with Gasteiger partial charge in [-0.25, -0.2) is 0 Å². The third-order valence-corrected chi connectivity index (χ3v) is 4.33. The highest BCUT2D eigenvalue weighted by atomic mass is 32.2. The molecule has 0 amide bonds. The van der Waals surface area contributed by atoms with Gasteiger partial charge in [0.05, 0.1) is 0 Å². The zero-order valence-corrected chi connectivity index (χ0v) is 14.6. The fourth-order valence-electron chi connectivity index (χ4n) is 2.05. The number of halogens is 5.